The van der Waals surface area contributed by atoms with Crippen molar-refractivity contribution in [1.29, 1.82) is 0 Å². The molecule has 1 aliphatic carbocycles. The maximum atomic E-state index is 13.8. The highest BCUT2D eigenvalue weighted by atomic mass is 32.2. The van der Waals surface area contributed by atoms with Crippen LogP contribution >= 0.6 is 0 Å². The monoisotopic (exact) mass is 503 g/mol. The molecule has 0 unspecified atom stereocenters. The highest BCUT2D eigenvalue weighted by Gasteiger charge is 2.31. The molecule has 0 radical (unpaired) electrons. The lowest BCUT2D eigenvalue weighted by Crippen LogP contribution is -2.53. The molecule has 0 aromatic heterocycles. The van der Waals surface area contributed by atoms with Crippen LogP contribution in [0.1, 0.15) is 50.2 Å². The molecule has 35 heavy (non-hydrogen) atoms. The maximum absolute atomic E-state index is 13.8. The van der Waals surface area contributed by atoms with E-state index in [2.05, 4.69) is 5.32 Å². The zero-order valence-electron chi connectivity index (χ0n) is 20.5. The summed E-state index contributed by atoms with van der Waals surface area (Å²) in [5.74, 6) is -1.43. The summed E-state index contributed by atoms with van der Waals surface area (Å²) in [6, 6.07) is 11.9. The Balaban J connectivity index is 1.88. The van der Waals surface area contributed by atoms with Crippen molar-refractivity contribution in [1.82, 2.24) is 10.2 Å². The van der Waals surface area contributed by atoms with Gasteiger partial charge in [0, 0.05) is 12.6 Å². The Morgan fingerprint density at radius 1 is 1.09 bits per heavy atom. The predicted octanol–water partition coefficient (Wildman–Crippen LogP) is 3.77. The first-order chi connectivity index (χ1) is 16.6. The van der Waals surface area contributed by atoms with Crippen LogP contribution in [-0.4, -0.2) is 50.0 Å². The second-order valence-electron chi connectivity index (χ2n) is 9.22. The number of nitrogens with one attached hydrogen (secondary N) is 1. The molecule has 7 nitrogen and oxygen atoms in total. The van der Waals surface area contributed by atoms with E-state index in [9.17, 15) is 22.4 Å². The van der Waals surface area contributed by atoms with Gasteiger partial charge in [-0.15, -0.1) is 0 Å². The van der Waals surface area contributed by atoms with Gasteiger partial charge < -0.3 is 10.2 Å². The fourth-order valence-electron chi connectivity index (χ4n) is 4.37. The molecule has 1 fully saturated rings. The molecule has 2 amide bonds. The second kappa shape index (κ2) is 11.7. The van der Waals surface area contributed by atoms with Gasteiger partial charge in [-0.2, -0.15) is 0 Å². The van der Waals surface area contributed by atoms with Crippen LogP contribution < -0.4 is 9.62 Å². The number of hydrogen-bond acceptors (Lipinski definition) is 4. The standard InChI is InChI=1S/C26H34FN3O4S/c1-19-10-7-8-11-21(19)17-29(20(2)26(32)28-23-13-5-4-6-14-23)25(31)18-30(35(3,33)34)24-15-9-12-22(27)16-24/h7-12,15-16,20,23H,4-6,13-14,17-18H2,1-3H3,(H,28,32)/t20-/m1/s1. The molecular weight excluding hydrogens is 469 g/mol. The number of aryl methyl sites for hydroxylation is 1. The number of amides is 2. The SMILES string of the molecule is Cc1ccccc1CN(C(=O)CN(c1cccc(F)c1)S(C)(=O)=O)[C@H](C)C(=O)NC1CCCCC1. The van der Waals surface area contributed by atoms with Crippen LogP contribution in [0.3, 0.4) is 0 Å². The zero-order valence-corrected chi connectivity index (χ0v) is 21.4. The minimum absolute atomic E-state index is 0.0519. The van der Waals surface area contributed by atoms with Crippen molar-refractivity contribution in [3.8, 4) is 0 Å². The quantitative estimate of drug-likeness (QED) is 0.565. The molecule has 0 spiro atoms. The van der Waals surface area contributed by atoms with Crippen LogP contribution in [0.15, 0.2) is 48.5 Å². The molecule has 0 saturated heterocycles. The van der Waals surface area contributed by atoms with Gasteiger partial charge in [0.25, 0.3) is 0 Å². The molecule has 1 saturated carbocycles. The Labute approximate surface area is 207 Å². The van der Waals surface area contributed by atoms with E-state index in [1.54, 1.807) is 6.92 Å². The largest absolute Gasteiger partial charge is 0.352 e. The number of halogens is 1. The summed E-state index contributed by atoms with van der Waals surface area (Å²) in [6.45, 7) is 3.17. The highest BCUT2D eigenvalue weighted by molar-refractivity contribution is 7.92. The van der Waals surface area contributed by atoms with Crippen LogP contribution in [0.5, 0.6) is 0 Å². The van der Waals surface area contributed by atoms with E-state index in [0.717, 1.165) is 59.9 Å². The van der Waals surface area contributed by atoms with E-state index < -0.39 is 34.3 Å². The van der Waals surface area contributed by atoms with Gasteiger partial charge in [-0.1, -0.05) is 49.6 Å². The molecule has 0 aliphatic heterocycles. The average Bonchev–Trinajstić information content (AvgIpc) is 2.81. The topological polar surface area (TPSA) is 86.8 Å². The molecule has 9 heteroatoms. The highest BCUT2D eigenvalue weighted by Crippen LogP contribution is 2.21. The van der Waals surface area contributed by atoms with Gasteiger partial charge in [0.2, 0.25) is 21.8 Å². The summed E-state index contributed by atoms with van der Waals surface area (Å²) in [7, 11) is -3.89. The van der Waals surface area contributed by atoms with Crippen molar-refractivity contribution in [2.24, 2.45) is 0 Å². The van der Waals surface area contributed by atoms with Crippen molar-refractivity contribution >= 4 is 27.5 Å². The number of carbonyl (C=O) groups is 2. The minimum atomic E-state index is -3.89. The smallest absolute Gasteiger partial charge is 0.244 e. The van der Waals surface area contributed by atoms with Crippen molar-refractivity contribution in [3.05, 3.63) is 65.5 Å². The first kappa shape index (κ1) is 26.7. The van der Waals surface area contributed by atoms with E-state index in [4.69, 9.17) is 0 Å². The third-order valence-corrected chi connectivity index (χ3v) is 7.64. The fraction of sp³-hybridized carbons (Fsp3) is 0.462. The third kappa shape index (κ3) is 7.27. The summed E-state index contributed by atoms with van der Waals surface area (Å²) >= 11 is 0. The van der Waals surface area contributed by atoms with Gasteiger partial charge in [-0.05, 0) is 56.0 Å². The lowest BCUT2D eigenvalue weighted by atomic mass is 9.95. The Hall–Kier alpha value is -2.94. The van der Waals surface area contributed by atoms with Gasteiger partial charge in [-0.3, -0.25) is 13.9 Å². The Morgan fingerprint density at radius 2 is 1.77 bits per heavy atom. The summed E-state index contributed by atoms with van der Waals surface area (Å²) in [5, 5.41) is 3.06. The molecule has 1 aliphatic rings. The number of rotatable bonds is 9. The van der Waals surface area contributed by atoms with Gasteiger partial charge in [-0.25, -0.2) is 12.8 Å². The van der Waals surface area contributed by atoms with Crippen molar-refractivity contribution < 1.29 is 22.4 Å². The molecule has 2 aromatic carbocycles. The van der Waals surface area contributed by atoms with Crippen molar-refractivity contribution in [2.45, 2.75) is 64.6 Å². The van der Waals surface area contributed by atoms with E-state index in [1.165, 1.54) is 23.1 Å². The molecule has 190 valence electrons. The van der Waals surface area contributed by atoms with Crippen LogP contribution in [0, 0.1) is 12.7 Å². The number of anilines is 1. The number of carbonyl (C=O) groups excluding carboxylic acids is 2. The van der Waals surface area contributed by atoms with Gasteiger partial charge in [0.05, 0.1) is 11.9 Å². The lowest BCUT2D eigenvalue weighted by molar-refractivity contribution is -0.139. The molecule has 2 aromatic rings. The predicted molar refractivity (Wildman–Crippen MR) is 135 cm³/mol. The van der Waals surface area contributed by atoms with E-state index >= 15 is 0 Å². The molecule has 0 bridgehead atoms. The first-order valence-corrected chi connectivity index (χ1v) is 13.8. The summed E-state index contributed by atoms with van der Waals surface area (Å²) in [6.07, 6.45) is 6.05. The van der Waals surface area contributed by atoms with Gasteiger partial charge in [0.1, 0.15) is 18.4 Å². The molecule has 0 heterocycles. The Bertz CT molecular complexity index is 1150. The van der Waals surface area contributed by atoms with Crippen LogP contribution in [0.25, 0.3) is 0 Å². The first-order valence-electron chi connectivity index (χ1n) is 11.9. The number of nitrogens with zero attached hydrogens (tertiary/aromatic N) is 2. The number of hydrogen-bond donors (Lipinski definition) is 1. The molecule has 3 rings (SSSR count). The van der Waals surface area contributed by atoms with Gasteiger partial charge >= 0.3 is 0 Å². The third-order valence-electron chi connectivity index (χ3n) is 6.50. The van der Waals surface area contributed by atoms with Crippen molar-refractivity contribution in [3.63, 3.8) is 0 Å². The van der Waals surface area contributed by atoms with Crippen LogP contribution in [0.4, 0.5) is 10.1 Å². The normalized spacial score (nSPS) is 15.3. The average molecular weight is 504 g/mol. The number of benzene rings is 2. The van der Waals surface area contributed by atoms with E-state index in [1.807, 2.05) is 31.2 Å². The minimum Gasteiger partial charge on any atom is -0.352 e. The van der Waals surface area contributed by atoms with Crippen LogP contribution in [0.2, 0.25) is 0 Å². The molecular formula is C26H34FN3O4S. The maximum Gasteiger partial charge on any atom is 0.244 e. The lowest BCUT2D eigenvalue weighted by Gasteiger charge is -2.33. The van der Waals surface area contributed by atoms with Crippen LogP contribution in [-0.2, 0) is 26.2 Å². The van der Waals surface area contributed by atoms with Gasteiger partial charge in [0.15, 0.2) is 0 Å². The Kier molecular flexibility index (Phi) is 8.88. The van der Waals surface area contributed by atoms with E-state index in [0.29, 0.717) is 0 Å². The number of sulfonamides is 1. The summed E-state index contributed by atoms with van der Waals surface area (Å²) < 4.78 is 39.8. The zero-order chi connectivity index (χ0) is 25.6. The molecule has 1 atom stereocenters. The summed E-state index contributed by atoms with van der Waals surface area (Å²) in [5.41, 5.74) is 1.86. The second-order valence-corrected chi connectivity index (χ2v) is 11.1. The molecule has 1 N–H and O–H groups in total. The van der Waals surface area contributed by atoms with Crippen molar-refractivity contribution in [2.75, 3.05) is 17.1 Å². The van der Waals surface area contributed by atoms with E-state index in [-0.39, 0.29) is 24.2 Å². The fourth-order valence-corrected chi connectivity index (χ4v) is 5.21. The summed E-state index contributed by atoms with van der Waals surface area (Å²) in [4.78, 5) is 28.1. The Morgan fingerprint density at radius 3 is 2.40 bits per heavy atom.